The topological polar surface area (TPSA) is 122 Å². The average Bonchev–Trinajstić information content (AvgIpc) is 3.57. The molecule has 1 aliphatic carbocycles. The molecule has 9 nitrogen and oxygen atoms in total. The molecule has 1 aliphatic rings. The lowest BCUT2D eigenvalue weighted by Crippen LogP contribution is -2.26. The van der Waals surface area contributed by atoms with E-state index in [1.165, 1.54) is 37.1 Å². The van der Waals surface area contributed by atoms with E-state index in [4.69, 9.17) is 12.0 Å². The summed E-state index contributed by atoms with van der Waals surface area (Å²) in [6.07, 6.45) is 6.23. The third-order valence-electron chi connectivity index (χ3n) is 6.74. The number of hydrogen-bond acceptors (Lipinski definition) is 9. The van der Waals surface area contributed by atoms with Crippen molar-refractivity contribution in [2.24, 2.45) is 5.92 Å². The average molecular weight is 552 g/mol. The molecule has 0 saturated heterocycles. The molecule has 12 heteroatoms. The van der Waals surface area contributed by atoms with Crippen molar-refractivity contribution >= 4 is 46.6 Å². The zero-order valence-corrected chi connectivity index (χ0v) is 22.8. The molecule has 3 atom stereocenters. The molecule has 1 fully saturated rings. The van der Waals surface area contributed by atoms with E-state index in [2.05, 4.69) is 21.9 Å². The van der Waals surface area contributed by atoms with Crippen molar-refractivity contribution < 1.29 is 22.5 Å². The number of nitrogens with one attached hydrogen (secondary N) is 1. The lowest BCUT2D eigenvalue weighted by Gasteiger charge is -2.23. The molecule has 2 radical (unpaired) electrons. The summed E-state index contributed by atoms with van der Waals surface area (Å²) in [6.45, 7) is 5.17. The Kier molecular flexibility index (Phi) is 8.36. The maximum atomic E-state index is 13.4. The molecule has 0 amide bonds. The summed E-state index contributed by atoms with van der Waals surface area (Å²) in [5.41, 5.74) is 0.743. The molecule has 2 N–H and O–H groups in total. The van der Waals surface area contributed by atoms with Gasteiger partial charge in [-0.1, -0.05) is 36.3 Å². The first-order valence-corrected chi connectivity index (χ1v) is 14.3. The van der Waals surface area contributed by atoms with E-state index in [1.54, 1.807) is 42.6 Å². The van der Waals surface area contributed by atoms with Crippen molar-refractivity contribution in [3.63, 3.8) is 0 Å². The minimum atomic E-state index is -3.84. The Morgan fingerprint density at radius 1 is 1.37 bits per heavy atom. The van der Waals surface area contributed by atoms with Crippen LogP contribution in [-0.2, 0) is 20.1 Å². The lowest BCUT2D eigenvalue weighted by molar-refractivity contribution is 0.102. The van der Waals surface area contributed by atoms with Crippen LogP contribution >= 0.6 is 11.3 Å². The second-order valence-corrected chi connectivity index (χ2v) is 12.1. The number of nitrogens with zero attached hydrogens (tertiary/aromatic N) is 3. The van der Waals surface area contributed by atoms with Crippen molar-refractivity contribution in [1.82, 2.24) is 14.3 Å². The molecule has 1 aromatic carbocycles. The number of aliphatic hydroxyl groups is 1. The normalized spacial score (nSPS) is 19.0. The number of anilines is 1. The molecule has 38 heavy (non-hydrogen) atoms. The minimum Gasteiger partial charge on any atom is -0.381 e. The highest BCUT2D eigenvalue weighted by Crippen LogP contribution is 2.34. The van der Waals surface area contributed by atoms with Gasteiger partial charge in [-0.15, -0.1) is 11.3 Å². The molecule has 2 aromatic heterocycles. The van der Waals surface area contributed by atoms with Gasteiger partial charge in [0.05, 0.1) is 17.0 Å². The molecule has 2 unspecified atom stereocenters. The Labute approximate surface area is 228 Å². The Bertz CT molecular complexity index is 1430. The maximum absolute atomic E-state index is 13.4. The predicted molar refractivity (Wildman–Crippen MR) is 148 cm³/mol. The summed E-state index contributed by atoms with van der Waals surface area (Å²) in [4.78, 5) is 22.2. The van der Waals surface area contributed by atoms with Crippen LogP contribution in [0.15, 0.2) is 61.0 Å². The standard InChI is InChI=1S/C26H29BN4O5S2/c1-4-31(3)38(34,35)36-14-17-8-9-21(10-17)30-25-22(13-28-16-29-25)24(32)23-12-19(15-37-23)26(2,33)18-6-5-7-20(27)11-18/h4-7,11-13,15-17,21,33H,1,8-10,14H2,2-3H3,(H,28,29,30)/t17-,21?,26?/m1/s1. The van der Waals surface area contributed by atoms with Gasteiger partial charge in [-0.2, -0.15) is 8.42 Å². The molecule has 198 valence electrons. The highest BCUT2D eigenvalue weighted by Gasteiger charge is 2.30. The Morgan fingerprint density at radius 2 is 2.16 bits per heavy atom. The number of carbonyl (C=O) groups is 1. The van der Waals surface area contributed by atoms with Crippen molar-refractivity contribution in [3.8, 4) is 0 Å². The van der Waals surface area contributed by atoms with Gasteiger partial charge < -0.3 is 10.4 Å². The molecule has 3 aromatic rings. The summed E-state index contributed by atoms with van der Waals surface area (Å²) in [6, 6.07) is 8.68. The van der Waals surface area contributed by atoms with E-state index in [-0.39, 0.29) is 24.3 Å². The molecule has 0 bridgehead atoms. The van der Waals surface area contributed by atoms with E-state index < -0.39 is 15.9 Å². The molecule has 0 spiro atoms. The van der Waals surface area contributed by atoms with E-state index in [1.807, 2.05) is 0 Å². The molecule has 0 aliphatic heterocycles. The lowest BCUT2D eigenvalue weighted by atomic mass is 9.85. The summed E-state index contributed by atoms with van der Waals surface area (Å²) in [5.74, 6) is 0.188. The SMILES string of the molecule is [B]c1cccc(C(C)(O)c2csc(C(=O)c3cncnc3NC3CC[C@@H](COS(=O)(=O)N(C)C=C)C3)c2)c1. The zero-order chi connectivity index (χ0) is 27.5. The number of rotatable bonds is 11. The zero-order valence-electron chi connectivity index (χ0n) is 21.2. The summed E-state index contributed by atoms with van der Waals surface area (Å²) < 4.78 is 30.2. The smallest absolute Gasteiger partial charge is 0.361 e. The van der Waals surface area contributed by atoms with Crippen LogP contribution in [0.4, 0.5) is 5.82 Å². The minimum absolute atomic E-state index is 0.00643. The molecule has 2 heterocycles. The van der Waals surface area contributed by atoms with Crippen LogP contribution in [0, 0.1) is 5.92 Å². The molecule has 4 rings (SSSR count). The van der Waals surface area contributed by atoms with Gasteiger partial charge in [0.2, 0.25) is 5.78 Å². The van der Waals surface area contributed by atoms with Crippen molar-refractivity contribution in [1.29, 1.82) is 0 Å². The number of thiophene rings is 1. The van der Waals surface area contributed by atoms with E-state index >= 15 is 0 Å². The fourth-order valence-electron chi connectivity index (χ4n) is 4.37. The van der Waals surface area contributed by atoms with Gasteiger partial charge in [-0.05, 0) is 54.7 Å². The van der Waals surface area contributed by atoms with Crippen molar-refractivity contribution in [3.05, 3.63) is 82.6 Å². The summed E-state index contributed by atoms with van der Waals surface area (Å²) in [5, 5.41) is 16.3. The largest absolute Gasteiger partial charge is 0.381 e. The van der Waals surface area contributed by atoms with Gasteiger partial charge in [-0.25, -0.2) is 9.97 Å². The molecular weight excluding hydrogens is 523 g/mol. The third kappa shape index (κ3) is 6.15. The predicted octanol–water partition coefficient (Wildman–Crippen LogP) is 2.74. The summed E-state index contributed by atoms with van der Waals surface area (Å²) in [7, 11) is 3.41. The van der Waals surface area contributed by atoms with Crippen LogP contribution in [0.2, 0.25) is 0 Å². The van der Waals surface area contributed by atoms with E-state index in [0.29, 0.717) is 39.3 Å². The number of aromatic nitrogens is 2. The molecule has 1 saturated carbocycles. The van der Waals surface area contributed by atoms with Crippen LogP contribution in [0.3, 0.4) is 0 Å². The maximum Gasteiger partial charge on any atom is 0.361 e. The Morgan fingerprint density at radius 3 is 2.89 bits per heavy atom. The van der Waals surface area contributed by atoms with Crippen LogP contribution in [-0.4, -0.2) is 61.1 Å². The second kappa shape index (κ2) is 11.4. The van der Waals surface area contributed by atoms with Gasteiger partial charge in [0.25, 0.3) is 0 Å². The highest BCUT2D eigenvalue weighted by atomic mass is 32.2. The summed E-state index contributed by atoms with van der Waals surface area (Å²) >= 11 is 1.23. The van der Waals surface area contributed by atoms with Crippen molar-refractivity contribution in [2.75, 3.05) is 19.0 Å². The van der Waals surface area contributed by atoms with E-state index in [9.17, 15) is 18.3 Å². The fourth-order valence-corrected chi connectivity index (χ4v) is 6.05. The van der Waals surface area contributed by atoms with Crippen LogP contribution in [0.1, 0.15) is 52.5 Å². The third-order valence-corrected chi connectivity index (χ3v) is 8.95. The van der Waals surface area contributed by atoms with Gasteiger partial charge in [0.15, 0.2) is 0 Å². The van der Waals surface area contributed by atoms with Crippen LogP contribution in [0.25, 0.3) is 0 Å². The first kappa shape index (κ1) is 28.0. The first-order chi connectivity index (χ1) is 18.0. The van der Waals surface area contributed by atoms with Gasteiger partial charge in [0.1, 0.15) is 25.6 Å². The Hall–Kier alpha value is -3.06. The van der Waals surface area contributed by atoms with Crippen LogP contribution < -0.4 is 10.8 Å². The quantitative estimate of drug-likeness (QED) is 0.275. The monoisotopic (exact) mass is 552 g/mol. The number of ketones is 1. The number of hydrogen-bond donors (Lipinski definition) is 2. The Balaban J connectivity index is 1.44. The van der Waals surface area contributed by atoms with Gasteiger partial charge in [-0.3, -0.25) is 13.3 Å². The highest BCUT2D eigenvalue weighted by molar-refractivity contribution is 7.84. The molecular formula is C26H29BN4O5S2. The number of benzene rings is 1. The fraction of sp³-hybridized carbons (Fsp3) is 0.346. The first-order valence-electron chi connectivity index (χ1n) is 12.0. The van der Waals surface area contributed by atoms with Gasteiger partial charge >= 0.3 is 10.3 Å². The number of carbonyl (C=O) groups excluding carboxylic acids is 1. The van der Waals surface area contributed by atoms with Crippen LogP contribution in [0.5, 0.6) is 0 Å². The van der Waals surface area contributed by atoms with Crippen molar-refractivity contribution in [2.45, 2.75) is 37.8 Å². The second-order valence-electron chi connectivity index (χ2n) is 9.47. The van der Waals surface area contributed by atoms with E-state index in [0.717, 1.165) is 17.1 Å². The van der Waals surface area contributed by atoms with Gasteiger partial charge in [0, 0.05) is 25.5 Å².